The highest BCUT2D eigenvalue weighted by Crippen LogP contribution is 2.57. The van der Waals surface area contributed by atoms with Gasteiger partial charge in [-0.1, -0.05) is 114 Å². The number of anilines is 9. The van der Waals surface area contributed by atoms with Gasteiger partial charge in [-0.15, -0.1) is 11.3 Å². The van der Waals surface area contributed by atoms with Gasteiger partial charge in [-0.05, 0) is 143 Å². The average Bonchev–Trinajstić information content (AvgIpc) is 3.70. The molecule has 7 aromatic rings. The van der Waals surface area contributed by atoms with Gasteiger partial charge in [-0.3, -0.25) is 0 Å². The topological polar surface area (TPSA) is 19.0 Å². The second-order valence-corrected chi connectivity index (χ2v) is 20.0. The summed E-state index contributed by atoms with van der Waals surface area (Å²) in [5.41, 5.74) is 16.8. The normalized spacial score (nSPS) is 18.1. The lowest BCUT2D eigenvalue weighted by Crippen LogP contribution is -2.62. The van der Waals surface area contributed by atoms with Gasteiger partial charge in [0.1, 0.15) is 0 Å². The van der Waals surface area contributed by atoms with Gasteiger partial charge < -0.3 is 19.4 Å². The van der Waals surface area contributed by atoms with Crippen LogP contribution in [0.1, 0.15) is 94.6 Å². The number of para-hydroxylation sites is 6. The Morgan fingerprint density at radius 1 is 0.533 bits per heavy atom. The van der Waals surface area contributed by atoms with E-state index in [2.05, 4.69) is 193 Å². The van der Waals surface area contributed by atoms with E-state index in [-0.39, 0.29) is 17.5 Å². The Hall–Kier alpha value is -5.72. The number of rotatable bonds is 3. The number of fused-ring (bicyclic) bond motifs is 10. The fourth-order valence-electron chi connectivity index (χ4n) is 11.3. The van der Waals surface area contributed by atoms with E-state index in [0.717, 1.165) is 34.2 Å². The van der Waals surface area contributed by atoms with Crippen molar-refractivity contribution in [1.82, 2.24) is 0 Å². The molecule has 0 N–H and O–H groups in total. The molecule has 0 amide bonds. The molecule has 0 atom stereocenters. The molecule has 296 valence electrons. The zero-order valence-corrected chi connectivity index (χ0v) is 35.9. The largest absolute Gasteiger partial charge is 0.453 e. The summed E-state index contributed by atoms with van der Waals surface area (Å²) in [6.45, 7) is 10.1. The SMILES string of the molecule is CC1(C)CCC(C)(C)c2c1sc1c2B2c3ccc4cc3N(c3ccccc3Oc3ccccc3N4c3ccccc3)c3cc(C4CCCCC4)cc(c32)N1c1ccccc1. The number of hydrogen-bond acceptors (Lipinski definition) is 5. The van der Waals surface area contributed by atoms with Gasteiger partial charge in [-0.2, -0.15) is 0 Å². The fraction of sp³-hybridized carbons (Fsp3) is 0.259. The minimum absolute atomic E-state index is 0.0311. The molecule has 2 aliphatic carbocycles. The van der Waals surface area contributed by atoms with Crippen LogP contribution in [0.3, 0.4) is 0 Å². The standard InChI is InChI=1S/C54H50BN3OS/c1-53(2)30-31-54(3,4)51-48(53)50-52(60-51)57(38-22-12-7-13-23-38)44-32-36(35-18-8-5-9-19-35)33-45-49(44)55(50)40-29-28-39-34-43(40)58(45)42-25-15-17-27-47(42)59-46-26-16-14-24-41(46)56(39)37-20-10-6-11-21-37/h6-7,10-17,20-29,32-35H,5,8-9,18-19,30-31H2,1-4H3. The van der Waals surface area contributed by atoms with Crippen LogP contribution in [0.2, 0.25) is 0 Å². The summed E-state index contributed by atoms with van der Waals surface area (Å²) in [6, 6.07) is 51.8. The van der Waals surface area contributed by atoms with E-state index < -0.39 is 0 Å². The van der Waals surface area contributed by atoms with Crippen LogP contribution in [0.4, 0.5) is 50.5 Å². The number of benzene rings is 6. The molecule has 1 fully saturated rings. The highest BCUT2D eigenvalue weighted by molar-refractivity contribution is 7.20. The van der Waals surface area contributed by atoms with Crippen LogP contribution in [0, 0.1) is 0 Å². The molecule has 5 aliphatic rings. The molecule has 3 aliphatic heterocycles. The predicted octanol–water partition coefficient (Wildman–Crippen LogP) is 13.8. The van der Waals surface area contributed by atoms with Crippen molar-refractivity contribution in [2.75, 3.05) is 14.7 Å². The molecule has 0 spiro atoms. The first-order chi connectivity index (χ1) is 29.3. The molecule has 4 nitrogen and oxygen atoms in total. The molecule has 2 bridgehead atoms. The van der Waals surface area contributed by atoms with Crippen LogP contribution in [0.5, 0.6) is 11.5 Å². The van der Waals surface area contributed by atoms with Gasteiger partial charge in [0.25, 0.3) is 6.71 Å². The molecule has 6 heteroatoms. The van der Waals surface area contributed by atoms with Crippen molar-refractivity contribution in [3.63, 3.8) is 0 Å². The third kappa shape index (κ3) is 5.35. The first-order valence-corrected chi connectivity index (χ1v) is 22.9. The zero-order valence-electron chi connectivity index (χ0n) is 35.0. The van der Waals surface area contributed by atoms with Crippen molar-refractivity contribution < 1.29 is 4.74 Å². The minimum atomic E-state index is 0.0311. The van der Waals surface area contributed by atoms with Gasteiger partial charge in [0.2, 0.25) is 0 Å². The molecule has 0 unspecified atom stereocenters. The second-order valence-electron chi connectivity index (χ2n) is 19.0. The highest BCUT2D eigenvalue weighted by atomic mass is 32.1. The summed E-state index contributed by atoms with van der Waals surface area (Å²) in [7, 11) is 0. The summed E-state index contributed by atoms with van der Waals surface area (Å²) in [5.74, 6) is 2.19. The number of hydrogen-bond donors (Lipinski definition) is 0. The maximum atomic E-state index is 7.18. The van der Waals surface area contributed by atoms with Gasteiger partial charge in [0.15, 0.2) is 11.5 Å². The van der Waals surface area contributed by atoms with Crippen LogP contribution >= 0.6 is 11.3 Å². The summed E-state index contributed by atoms with van der Waals surface area (Å²) in [6.07, 6.45) is 8.73. The lowest BCUT2D eigenvalue weighted by molar-refractivity contribution is 0.340. The van der Waals surface area contributed by atoms with Gasteiger partial charge >= 0.3 is 0 Å². The Kier molecular flexibility index (Phi) is 8.07. The van der Waals surface area contributed by atoms with Gasteiger partial charge in [0, 0.05) is 39.0 Å². The van der Waals surface area contributed by atoms with Gasteiger partial charge in [-0.25, -0.2) is 0 Å². The van der Waals surface area contributed by atoms with Crippen molar-refractivity contribution in [2.24, 2.45) is 0 Å². The van der Waals surface area contributed by atoms with E-state index in [4.69, 9.17) is 4.74 Å². The van der Waals surface area contributed by atoms with Crippen LogP contribution in [0.15, 0.2) is 140 Å². The Morgan fingerprint density at radius 2 is 1.12 bits per heavy atom. The summed E-state index contributed by atoms with van der Waals surface area (Å²) < 4.78 is 7.18. The molecule has 4 heterocycles. The van der Waals surface area contributed by atoms with E-state index >= 15 is 0 Å². The van der Waals surface area contributed by atoms with E-state index in [1.807, 2.05) is 0 Å². The Morgan fingerprint density at radius 3 is 1.80 bits per heavy atom. The Bertz CT molecular complexity index is 2820. The third-order valence-electron chi connectivity index (χ3n) is 14.4. The number of nitrogens with zero attached hydrogens (tertiary/aromatic N) is 3. The van der Waals surface area contributed by atoms with E-state index in [9.17, 15) is 0 Å². The number of thiophene rings is 1. The summed E-state index contributed by atoms with van der Waals surface area (Å²) in [4.78, 5) is 9.19. The molecule has 0 radical (unpaired) electrons. The van der Waals surface area contributed by atoms with E-state index in [1.165, 1.54) is 94.6 Å². The van der Waals surface area contributed by atoms with Crippen molar-refractivity contribution in [3.8, 4) is 11.5 Å². The Labute approximate surface area is 359 Å². The van der Waals surface area contributed by atoms with Crippen molar-refractivity contribution in [2.45, 2.75) is 89.4 Å². The molecular weight excluding hydrogens is 749 g/mol. The van der Waals surface area contributed by atoms with Crippen molar-refractivity contribution >= 4 is 84.9 Å². The maximum Gasteiger partial charge on any atom is 0.253 e. The second kappa shape index (κ2) is 13.4. The lowest BCUT2D eigenvalue weighted by atomic mass is 9.32. The summed E-state index contributed by atoms with van der Waals surface area (Å²) in [5, 5.41) is 1.40. The zero-order chi connectivity index (χ0) is 40.3. The fourth-order valence-corrected chi connectivity index (χ4v) is 13.0. The molecule has 0 saturated heterocycles. The van der Waals surface area contributed by atoms with Gasteiger partial charge in [0.05, 0.1) is 16.4 Å². The number of ether oxygens (including phenoxy) is 1. The van der Waals surface area contributed by atoms with Crippen molar-refractivity contribution in [3.05, 3.63) is 156 Å². The molecule has 6 aromatic carbocycles. The quantitative estimate of drug-likeness (QED) is 0.166. The highest BCUT2D eigenvalue weighted by Gasteiger charge is 2.51. The molecule has 60 heavy (non-hydrogen) atoms. The minimum Gasteiger partial charge on any atom is -0.453 e. The van der Waals surface area contributed by atoms with Crippen LogP contribution < -0.4 is 35.8 Å². The predicted molar refractivity (Wildman–Crippen MR) is 254 cm³/mol. The molecule has 1 aromatic heterocycles. The lowest BCUT2D eigenvalue weighted by Gasteiger charge is -2.46. The average molecular weight is 800 g/mol. The maximum absolute atomic E-state index is 7.18. The van der Waals surface area contributed by atoms with E-state index in [0.29, 0.717) is 5.92 Å². The van der Waals surface area contributed by atoms with Crippen LogP contribution in [0.25, 0.3) is 0 Å². The van der Waals surface area contributed by atoms with Crippen molar-refractivity contribution in [1.29, 1.82) is 0 Å². The summed E-state index contributed by atoms with van der Waals surface area (Å²) >= 11 is 2.07. The first kappa shape index (κ1) is 36.2. The first-order valence-electron chi connectivity index (χ1n) is 22.1. The van der Waals surface area contributed by atoms with E-state index in [1.54, 1.807) is 10.4 Å². The molecule has 12 rings (SSSR count). The molecular formula is C54H50BN3OS. The molecule has 1 saturated carbocycles. The van der Waals surface area contributed by atoms with Crippen LogP contribution in [-0.2, 0) is 10.8 Å². The third-order valence-corrected chi connectivity index (χ3v) is 15.9. The Balaban J connectivity index is 1.23. The monoisotopic (exact) mass is 799 g/mol. The smallest absolute Gasteiger partial charge is 0.253 e. The van der Waals surface area contributed by atoms with Crippen LogP contribution in [-0.4, -0.2) is 6.71 Å².